The number of carbonyl (C=O) groups is 1. The third-order valence-electron chi connectivity index (χ3n) is 4.95. The molecule has 2 unspecified atom stereocenters. The lowest BCUT2D eigenvalue weighted by Gasteiger charge is -2.36. The van der Waals surface area contributed by atoms with Crippen molar-refractivity contribution in [2.45, 2.75) is 37.8 Å². The van der Waals surface area contributed by atoms with Crippen molar-refractivity contribution in [1.29, 1.82) is 0 Å². The highest BCUT2D eigenvalue weighted by Crippen LogP contribution is 2.37. The molecule has 21 heavy (non-hydrogen) atoms. The van der Waals surface area contributed by atoms with E-state index in [1.54, 1.807) is 12.3 Å². The molecular weight excluding hydrogens is 266 g/mol. The Balaban J connectivity index is 1.57. The summed E-state index contributed by atoms with van der Waals surface area (Å²) in [5, 5.41) is 3.45. The summed E-state index contributed by atoms with van der Waals surface area (Å²) in [4.78, 5) is 18.1. The van der Waals surface area contributed by atoms with Crippen LogP contribution in [0.4, 0.5) is 5.69 Å². The Kier molecular flexibility index (Phi) is 4.10. The van der Waals surface area contributed by atoms with Gasteiger partial charge in [-0.25, -0.2) is 9.78 Å². The van der Waals surface area contributed by atoms with Gasteiger partial charge < -0.3 is 15.0 Å². The molecule has 0 saturated carbocycles. The summed E-state index contributed by atoms with van der Waals surface area (Å²) in [6, 6.07) is 5.18. The van der Waals surface area contributed by atoms with Crippen molar-refractivity contribution >= 4 is 11.7 Å². The van der Waals surface area contributed by atoms with E-state index in [1.165, 1.54) is 32.8 Å². The SMILES string of the molecule is COC(=O)c1cc(NCC2CC3CCC(C2)N3C)ccn1. The Morgan fingerprint density at radius 3 is 2.81 bits per heavy atom. The van der Waals surface area contributed by atoms with Crippen LogP contribution in [0, 0.1) is 5.92 Å². The van der Waals surface area contributed by atoms with Crippen LogP contribution in [0.15, 0.2) is 18.3 Å². The number of hydrogen-bond acceptors (Lipinski definition) is 5. The molecule has 2 fully saturated rings. The van der Waals surface area contributed by atoms with E-state index in [0.29, 0.717) is 11.6 Å². The standard InChI is InChI=1S/C16H23N3O2/c1-19-13-3-4-14(19)8-11(7-13)10-18-12-5-6-17-15(9-12)16(20)21-2/h5-6,9,11,13-14H,3-4,7-8,10H2,1-2H3,(H,17,18). The number of hydrogen-bond donors (Lipinski definition) is 1. The van der Waals surface area contributed by atoms with E-state index in [9.17, 15) is 4.79 Å². The zero-order valence-corrected chi connectivity index (χ0v) is 12.7. The van der Waals surface area contributed by atoms with E-state index < -0.39 is 5.97 Å². The average Bonchev–Trinajstić information content (AvgIpc) is 2.74. The lowest BCUT2D eigenvalue weighted by Crippen LogP contribution is -2.41. The van der Waals surface area contributed by atoms with Gasteiger partial charge in [0.05, 0.1) is 7.11 Å². The lowest BCUT2D eigenvalue weighted by molar-refractivity contribution is 0.0594. The number of nitrogens with one attached hydrogen (secondary N) is 1. The Labute approximate surface area is 125 Å². The fourth-order valence-corrected chi connectivity index (χ4v) is 3.71. The predicted octanol–water partition coefficient (Wildman–Crippen LogP) is 2.15. The van der Waals surface area contributed by atoms with Crippen molar-refractivity contribution in [3.05, 3.63) is 24.0 Å². The van der Waals surface area contributed by atoms with Gasteiger partial charge in [0.15, 0.2) is 0 Å². The first-order valence-corrected chi connectivity index (χ1v) is 7.67. The Morgan fingerprint density at radius 1 is 1.43 bits per heavy atom. The first-order valence-electron chi connectivity index (χ1n) is 7.67. The van der Waals surface area contributed by atoms with Crippen molar-refractivity contribution in [3.8, 4) is 0 Å². The summed E-state index contributed by atoms with van der Waals surface area (Å²) in [7, 11) is 3.63. The molecule has 5 nitrogen and oxygen atoms in total. The molecule has 2 saturated heterocycles. The van der Waals surface area contributed by atoms with Gasteiger partial charge in [0, 0.05) is 30.5 Å². The van der Waals surface area contributed by atoms with E-state index in [2.05, 4.69) is 22.2 Å². The summed E-state index contributed by atoms with van der Waals surface area (Å²) in [6.07, 6.45) is 6.88. The fourth-order valence-electron chi connectivity index (χ4n) is 3.71. The minimum absolute atomic E-state index is 0.353. The van der Waals surface area contributed by atoms with Gasteiger partial charge in [-0.2, -0.15) is 0 Å². The van der Waals surface area contributed by atoms with E-state index in [0.717, 1.165) is 24.3 Å². The number of esters is 1. The summed E-state index contributed by atoms with van der Waals surface area (Å²) in [6.45, 7) is 0.964. The molecule has 2 bridgehead atoms. The molecule has 114 valence electrons. The van der Waals surface area contributed by atoms with E-state index >= 15 is 0 Å². The molecule has 3 heterocycles. The Morgan fingerprint density at radius 2 is 2.14 bits per heavy atom. The van der Waals surface area contributed by atoms with Crippen molar-refractivity contribution < 1.29 is 9.53 Å². The Hall–Kier alpha value is -1.62. The number of carbonyl (C=O) groups excluding carboxylic acids is 1. The zero-order chi connectivity index (χ0) is 14.8. The molecule has 2 aliphatic heterocycles. The van der Waals surface area contributed by atoms with Crippen LogP contribution in [0.3, 0.4) is 0 Å². The van der Waals surface area contributed by atoms with Crippen LogP contribution < -0.4 is 5.32 Å². The van der Waals surface area contributed by atoms with Crippen molar-refractivity contribution in [3.63, 3.8) is 0 Å². The maximum Gasteiger partial charge on any atom is 0.356 e. The molecule has 0 aromatic carbocycles. The highest BCUT2D eigenvalue weighted by atomic mass is 16.5. The smallest absolute Gasteiger partial charge is 0.356 e. The van der Waals surface area contributed by atoms with Gasteiger partial charge >= 0.3 is 5.97 Å². The van der Waals surface area contributed by atoms with Gasteiger partial charge in [-0.1, -0.05) is 0 Å². The quantitative estimate of drug-likeness (QED) is 0.861. The number of nitrogens with zero attached hydrogens (tertiary/aromatic N) is 2. The molecule has 0 aliphatic carbocycles. The predicted molar refractivity (Wildman–Crippen MR) is 81.4 cm³/mol. The van der Waals surface area contributed by atoms with Crippen LogP contribution in [0.25, 0.3) is 0 Å². The van der Waals surface area contributed by atoms with Crippen LogP contribution >= 0.6 is 0 Å². The number of piperidine rings is 1. The summed E-state index contributed by atoms with van der Waals surface area (Å²) >= 11 is 0. The second-order valence-corrected chi connectivity index (χ2v) is 6.19. The molecule has 2 aliphatic rings. The van der Waals surface area contributed by atoms with Gasteiger partial charge in [0.1, 0.15) is 5.69 Å². The monoisotopic (exact) mass is 289 g/mol. The Bertz CT molecular complexity index is 506. The number of aromatic nitrogens is 1. The minimum atomic E-state index is -0.393. The number of methoxy groups -OCH3 is 1. The van der Waals surface area contributed by atoms with Crippen LogP contribution in [0.2, 0.25) is 0 Å². The number of rotatable bonds is 4. The van der Waals surface area contributed by atoms with Gasteiger partial charge in [0.2, 0.25) is 0 Å². The molecule has 1 N–H and O–H groups in total. The van der Waals surface area contributed by atoms with Crippen molar-refractivity contribution in [1.82, 2.24) is 9.88 Å². The van der Waals surface area contributed by atoms with E-state index in [-0.39, 0.29) is 0 Å². The molecule has 2 atom stereocenters. The normalized spacial score (nSPS) is 28.4. The minimum Gasteiger partial charge on any atom is -0.464 e. The van der Waals surface area contributed by atoms with Crippen LogP contribution in [0.5, 0.6) is 0 Å². The second-order valence-electron chi connectivity index (χ2n) is 6.19. The highest BCUT2D eigenvalue weighted by molar-refractivity contribution is 5.88. The zero-order valence-electron chi connectivity index (χ0n) is 12.7. The van der Waals surface area contributed by atoms with Gasteiger partial charge in [0.25, 0.3) is 0 Å². The van der Waals surface area contributed by atoms with Crippen molar-refractivity contribution in [2.75, 3.05) is 26.0 Å². The highest BCUT2D eigenvalue weighted by Gasteiger charge is 2.38. The largest absolute Gasteiger partial charge is 0.464 e. The van der Waals surface area contributed by atoms with Crippen molar-refractivity contribution in [2.24, 2.45) is 5.92 Å². The molecule has 0 spiro atoms. The maximum atomic E-state index is 11.5. The molecule has 1 aromatic heterocycles. The fraction of sp³-hybridized carbons (Fsp3) is 0.625. The third kappa shape index (κ3) is 3.02. The van der Waals surface area contributed by atoms with Crippen LogP contribution in [-0.2, 0) is 4.74 Å². The molecule has 3 rings (SSSR count). The molecule has 5 heteroatoms. The van der Waals surface area contributed by atoms with Crippen LogP contribution in [-0.4, -0.2) is 48.6 Å². The van der Waals surface area contributed by atoms with E-state index in [1.807, 2.05) is 6.07 Å². The lowest BCUT2D eigenvalue weighted by atomic mass is 9.91. The topological polar surface area (TPSA) is 54.5 Å². The van der Waals surface area contributed by atoms with Gasteiger partial charge in [-0.15, -0.1) is 0 Å². The molecular formula is C16H23N3O2. The molecule has 1 aromatic rings. The number of fused-ring (bicyclic) bond motifs is 2. The molecule has 0 amide bonds. The van der Waals surface area contributed by atoms with Crippen LogP contribution in [0.1, 0.15) is 36.2 Å². The number of anilines is 1. The third-order valence-corrected chi connectivity index (χ3v) is 4.95. The summed E-state index contributed by atoms with van der Waals surface area (Å²) in [5.41, 5.74) is 1.29. The second kappa shape index (κ2) is 6.02. The number of pyridine rings is 1. The number of ether oxygens (including phenoxy) is 1. The van der Waals surface area contributed by atoms with Gasteiger partial charge in [-0.05, 0) is 50.8 Å². The van der Waals surface area contributed by atoms with Gasteiger partial charge in [-0.3, -0.25) is 0 Å². The summed E-state index contributed by atoms with van der Waals surface area (Å²) < 4.78 is 4.70. The molecule has 0 radical (unpaired) electrons. The van der Waals surface area contributed by atoms with E-state index in [4.69, 9.17) is 4.74 Å². The first-order chi connectivity index (χ1) is 10.2. The maximum absolute atomic E-state index is 11.5. The average molecular weight is 289 g/mol. The first kappa shape index (κ1) is 14.3. The summed E-state index contributed by atoms with van der Waals surface area (Å²) in [5.74, 6) is 0.324.